The molecule has 0 fully saturated rings. The van der Waals surface area contributed by atoms with Crippen molar-refractivity contribution in [2.45, 2.75) is 38.5 Å². The molecule has 0 amide bonds. The molecule has 0 aliphatic heterocycles. The molecule has 0 aromatic carbocycles. The van der Waals surface area contributed by atoms with E-state index < -0.39 is 11.9 Å². The van der Waals surface area contributed by atoms with Crippen molar-refractivity contribution in [3.63, 3.8) is 0 Å². The number of aliphatic carboxylic acids is 2. The van der Waals surface area contributed by atoms with Crippen LogP contribution in [0.2, 0.25) is 0 Å². The Kier molecular flexibility index (Phi) is 7.49. The van der Waals surface area contributed by atoms with E-state index in [1.807, 2.05) is 0 Å². The molecule has 6 heteroatoms. The second-order valence-corrected chi connectivity index (χ2v) is 4.36. The summed E-state index contributed by atoms with van der Waals surface area (Å²) in [7, 11) is 0. The highest BCUT2D eigenvalue weighted by molar-refractivity contribution is 5.67. The summed E-state index contributed by atoms with van der Waals surface area (Å²) in [6.07, 6.45) is 2.16. The Labute approximate surface area is 101 Å². The standard InChI is InChI=1S/C11H22N2O4/c12-7-5-11(6-8-13,3-1-9(14)15)4-2-10(16)17/h1-8,12-13H2,(H,14,15)(H,16,17). The number of hydrogen-bond acceptors (Lipinski definition) is 4. The van der Waals surface area contributed by atoms with Crippen molar-refractivity contribution in [2.75, 3.05) is 13.1 Å². The Bertz CT molecular complexity index is 230. The lowest BCUT2D eigenvalue weighted by atomic mass is 9.73. The monoisotopic (exact) mass is 246 g/mol. The topological polar surface area (TPSA) is 127 Å². The molecule has 0 radical (unpaired) electrons. The molecule has 0 saturated carbocycles. The summed E-state index contributed by atoms with van der Waals surface area (Å²) in [5.41, 5.74) is 10.7. The van der Waals surface area contributed by atoms with Gasteiger partial charge in [0, 0.05) is 12.8 Å². The summed E-state index contributed by atoms with van der Waals surface area (Å²) in [5.74, 6) is -1.75. The van der Waals surface area contributed by atoms with E-state index in [-0.39, 0.29) is 18.3 Å². The quantitative estimate of drug-likeness (QED) is 0.442. The minimum Gasteiger partial charge on any atom is -0.481 e. The summed E-state index contributed by atoms with van der Waals surface area (Å²) in [5, 5.41) is 17.4. The van der Waals surface area contributed by atoms with Crippen molar-refractivity contribution in [1.82, 2.24) is 0 Å². The third kappa shape index (κ3) is 6.91. The van der Waals surface area contributed by atoms with Crippen LogP contribution in [0.25, 0.3) is 0 Å². The van der Waals surface area contributed by atoms with E-state index >= 15 is 0 Å². The smallest absolute Gasteiger partial charge is 0.303 e. The lowest BCUT2D eigenvalue weighted by Crippen LogP contribution is -2.29. The van der Waals surface area contributed by atoms with E-state index in [4.69, 9.17) is 21.7 Å². The largest absolute Gasteiger partial charge is 0.481 e. The molecule has 0 aromatic rings. The van der Waals surface area contributed by atoms with Crippen LogP contribution in [-0.2, 0) is 9.59 Å². The van der Waals surface area contributed by atoms with Crippen molar-refractivity contribution >= 4 is 11.9 Å². The Morgan fingerprint density at radius 1 is 0.824 bits per heavy atom. The molecule has 0 heterocycles. The zero-order chi connectivity index (χ0) is 13.3. The Morgan fingerprint density at radius 3 is 1.41 bits per heavy atom. The van der Waals surface area contributed by atoms with Crippen molar-refractivity contribution in [3.05, 3.63) is 0 Å². The molecule has 0 atom stereocenters. The van der Waals surface area contributed by atoms with Crippen LogP contribution in [0.1, 0.15) is 38.5 Å². The molecule has 0 aliphatic carbocycles. The predicted molar refractivity (Wildman–Crippen MR) is 63.5 cm³/mol. The van der Waals surface area contributed by atoms with Gasteiger partial charge >= 0.3 is 11.9 Å². The SMILES string of the molecule is NCCC(CCN)(CCC(=O)O)CCC(=O)O. The normalized spacial score (nSPS) is 11.4. The van der Waals surface area contributed by atoms with Crippen LogP contribution in [0.15, 0.2) is 0 Å². The molecule has 0 aliphatic rings. The van der Waals surface area contributed by atoms with Crippen molar-refractivity contribution in [2.24, 2.45) is 16.9 Å². The third-order valence-electron chi connectivity index (χ3n) is 3.09. The maximum Gasteiger partial charge on any atom is 0.303 e. The molecule has 6 nitrogen and oxygen atoms in total. The Hall–Kier alpha value is -1.14. The Morgan fingerprint density at radius 2 is 1.18 bits per heavy atom. The lowest BCUT2D eigenvalue weighted by molar-refractivity contribution is -0.138. The van der Waals surface area contributed by atoms with Gasteiger partial charge in [0.25, 0.3) is 0 Å². The van der Waals surface area contributed by atoms with Gasteiger partial charge in [0.15, 0.2) is 0 Å². The van der Waals surface area contributed by atoms with Gasteiger partial charge in [0.05, 0.1) is 0 Å². The number of rotatable bonds is 10. The van der Waals surface area contributed by atoms with Crippen LogP contribution in [0, 0.1) is 5.41 Å². The summed E-state index contributed by atoms with van der Waals surface area (Å²) in [4.78, 5) is 21.2. The van der Waals surface area contributed by atoms with Crippen LogP contribution >= 0.6 is 0 Å². The molecule has 0 rings (SSSR count). The predicted octanol–water partition coefficient (Wildman–Crippen LogP) is 0.400. The fourth-order valence-electron chi connectivity index (χ4n) is 2.11. The van der Waals surface area contributed by atoms with Crippen molar-refractivity contribution in [1.29, 1.82) is 0 Å². The average molecular weight is 246 g/mol. The lowest BCUT2D eigenvalue weighted by Gasteiger charge is -2.32. The van der Waals surface area contributed by atoms with E-state index in [0.717, 1.165) is 0 Å². The van der Waals surface area contributed by atoms with Gasteiger partial charge < -0.3 is 21.7 Å². The number of nitrogens with two attached hydrogens (primary N) is 2. The summed E-state index contributed by atoms with van der Waals surface area (Å²) >= 11 is 0. The molecule has 17 heavy (non-hydrogen) atoms. The van der Waals surface area contributed by atoms with E-state index in [9.17, 15) is 9.59 Å². The van der Waals surface area contributed by atoms with E-state index in [1.54, 1.807) is 0 Å². The molecule has 100 valence electrons. The van der Waals surface area contributed by atoms with Gasteiger partial charge in [-0.1, -0.05) is 0 Å². The average Bonchev–Trinajstić information content (AvgIpc) is 2.24. The van der Waals surface area contributed by atoms with Crippen LogP contribution < -0.4 is 11.5 Å². The molecule has 0 saturated heterocycles. The fraction of sp³-hybridized carbons (Fsp3) is 0.818. The van der Waals surface area contributed by atoms with Gasteiger partial charge in [-0.3, -0.25) is 9.59 Å². The van der Waals surface area contributed by atoms with Crippen LogP contribution in [0.3, 0.4) is 0 Å². The zero-order valence-electron chi connectivity index (χ0n) is 10.0. The highest BCUT2D eigenvalue weighted by Crippen LogP contribution is 2.36. The first-order valence-electron chi connectivity index (χ1n) is 5.79. The summed E-state index contributed by atoms with van der Waals surface area (Å²) < 4.78 is 0. The third-order valence-corrected chi connectivity index (χ3v) is 3.09. The molecule has 0 unspecified atom stereocenters. The molecule has 0 spiro atoms. The minimum absolute atomic E-state index is 0.0274. The van der Waals surface area contributed by atoms with Crippen LogP contribution in [0.4, 0.5) is 0 Å². The number of carbonyl (C=O) groups is 2. The first-order chi connectivity index (χ1) is 7.95. The maximum atomic E-state index is 10.6. The van der Waals surface area contributed by atoms with Gasteiger partial charge in [0.1, 0.15) is 0 Å². The van der Waals surface area contributed by atoms with Gasteiger partial charge in [-0.25, -0.2) is 0 Å². The highest BCUT2D eigenvalue weighted by atomic mass is 16.4. The number of hydrogen-bond donors (Lipinski definition) is 4. The van der Waals surface area contributed by atoms with E-state index in [0.29, 0.717) is 38.8 Å². The number of carboxylic acid groups (broad SMARTS) is 2. The first-order valence-corrected chi connectivity index (χ1v) is 5.79. The maximum absolute atomic E-state index is 10.6. The highest BCUT2D eigenvalue weighted by Gasteiger charge is 2.29. The van der Waals surface area contributed by atoms with Crippen molar-refractivity contribution in [3.8, 4) is 0 Å². The first kappa shape index (κ1) is 15.9. The van der Waals surface area contributed by atoms with E-state index in [2.05, 4.69) is 0 Å². The van der Waals surface area contributed by atoms with Crippen LogP contribution in [-0.4, -0.2) is 35.2 Å². The second kappa shape index (κ2) is 8.03. The molecular formula is C11H22N2O4. The number of carboxylic acids is 2. The molecular weight excluding hydrogens is 224 g/mol. The van der Waals surface area contributed by atoms with E-state index in [1.165, 1.54) is 0 Å². The van der Waals surface area contributed by atoms with Gasteiger partial charge in [-0.2, -0.15) is 0 Å². The van der Waals surface area contributed by atoms with Crippen molar-refractivity contribution < 1.29 is 19.8 Å². The zero-order valence-corrected chi connectivity index (χ0v) is 10.0. The van der Waals surface area contributed by atoms with Crippen LogP contribution in [0.5, 0.6) is 0 Å². The van der Waals surface area contributed by atoms with Gasteiger partial charge in [-0.15, -0.1) is 0 Å². The van der Waals surface area contributed by atoms with Gasteiger partial charge in [-0.05, 0) is 44.2 Å². The second-order valence-electron chi connectivity index (χ2n) is 4.36. The minimum atomic E-state index is -0.876. The summed E-state index contributed by atoms with van der Waals surface area (Å²) in [6, 6.07) is 0. The Balaban J connectivity index is 4.57. The summed E-state index contributed by atoms with van der Waals surface area (Å²) in [6.45, 7) is 0.832. The fourth-order valence-corrected chi connectivity index (χ4v) is 2.11. The van der Waals surface area contributed by atoms with Gasteiger partial charge in [0.2, 0.25) is 0 Å². The molecule has 0 aromatic heterocycles. The molecule has 0 bridgehead atoms. The molecule has 6 N–H and O–H groups in total.